The van der Waals surface area contributed by atoms with Crippen molar-refractivity contribution in [3.05, 3.63) is 28.4 Å². The molecule has 0 bridgehead atoms. The molecule has 0 aliphatic carbocycles. The number of nitrogens with zero attached hydrogens (tertiary/aromatic N) is 3. The van der Waals surface area contributed by atoms with Crippen molar-refractivity contribution in [2.24, 2.45) is 0 Å². The molecule has 0 spiro atoms. The zero-order chi connectivity index (χ0) is 11.5. The van der Waals surface area contributed by atoms with E-state index in [1.807, 2.05) is 0 Å². The number of amides is 1. The van der Waals surface area contributed by atoms with Crippen LogP contribution in [0.25, 0.3) is 0 Å². The molecule has 0 unspecified atom stereocenters. The van der Waals surface area contributed by atoms with Crippen LogP contribution in [-0.4, -0.2) is 35.6 Å². The molecule has 1 fully saturated rings. The molecule has 1 aromatic heterocycles. The fourth-order valence-corrected chi connectivity index (χ4v) is 1.41. The number of rotatable bonds is 2. The van der Waals surface area contributed by atoms with E-state index in [0.717, 1.165) is 6.20 Å². The van der Waals surface area contributed by atoms with Crippen molar-refractivity contribution >= 4 is 17.4 Å². The molecule has 84 valence electrons. The van der Waals surface area contributed by atoms with Crippen LogP contribution in [0.2, 0.25) is 0 Å². The van der Waals surface area contributed by atoms with Crippen LogP contribution in [0.5, 0.6) is 0 Å². The van der Waals surface area contributed by atoms with Gasteiger partial charge in [-0.05, 0) is 6.07 Å². The zero-order valence-electron chi connectivity index (χ0n) is 8.33. The number of pyridine rings is 1. The smallest absolute Gasteiger partial charge is 0.287 e. The summed E-state index contributed by atoms with van der Waals surface area (Å²) in [7, 11) is 0. The predicted molar refractivity (Wildman–Crippen MR) is 54.1 cm³/mol. The molecule has 0 atom stereocenters. The van der Waals surface area contributed by atoms with E-state index >= 15 is 0 Å². The summed E-state index contributed by atoms with van der Waals surface area (Å²) in [6.07, 6.45) is 1.14. The Balaban J connectivity index is 2.20. The summed E-state index contributed by atoms with van der Waals surface area (Å²) in [6.45, 7) is 0.896. The monoisotopic (exact) mass is 223 g/mol. The standard InChI is InChI=1S/C9H9N3O4/c13-9-6-16-4-3-11(9)8-2-1-7(5-10-8)12(14)15/h1-2,5H,3-4,6H2. The minimum atomic E-state index is -0.530. The van der Waals surface area contributed by atoms with E-state index in [1.54, 1.807) is 0 Å². The lowest BCUT2D eigenvalue weighted by atomic mass is 10.3. The summed E-state index contributed by atoms with van der Waals surface area (Å²) < 4.78 is 4.97. The summed E-state index contributed by atoms with van der Waals surface area (Å²) in [5, 5.41) is 10.4. The SMILES string of the molecule is O=C1COCCN1c1ccc([N+](=O)[O-])cn1. The Bertz CT molecular complexity index is 417. The third-order valence-electron chi connectivity index (χ3n) is 2.21. The van der Waals surface area contributed by atoms with E-state index < -0.39 is 4.92 Å². The Kier molecular flexibility index (Phi) is 2.78. The number of carbonyl (C=O) groups is 1. The van der Waals surface area contributed by atoms with Gasteiger partial charge in [-0.25, -0.2) is 4.98 Å². The molecule has 0 aromatic carbocycles. The number of hydrogen-bond donors (Lipinski definition) is 0. The van der Waals surface area contributed by atoms with Crippen LogP contribution in [0.1, 0.15) is 0 Å². The number of anilines is 1. The van der Waals surface area contributed by atoms with Crippen LogP contribution in [0.3, 0.4) is 0 Å². The number of carbonyl (C=O) groups excluding carboxylic acids is 1. The molecule has 0 saturated carbocycles. The van der Waals surface area contributed by atoms with Crippen molar-refractivity contribution in [2.75, 3.05) is 24.7 Å². The summed E-state index contributed by atoms with van der Waals surface area (Å²) in [5.41, 5.74) is -0.0931. The highest BCUT2D eigenvalue weighted by Gasteiger charge is 2.21. The topological polar surface area (TPSA) is 85.6 Å². The van der Waals surface area contributed by atoms with Gasteiger partial charge in [0.2, 0.25) is 0 Å². The summed E-state index contributed by atoms with van der Waals surface area (Å²) in [6, 6.07) is 2.78. The lowest BCUT2D eigenvalue weighted by molar-refractivity contribution is -0.385. The molecule has 2 rings (SSSR count). The highest BCUT2D eigenvalue weighted by atomic mass is 16.6. The maximum Gasteiger partial charge on any atom is 0.287 e. The van der Waals surface area contributed by atoms with E-state index in [-0.39, 0.29) is 18.2 Å². The Morgan fingerprint density at radius 3 is 2.88 bits per heavy atom. The van der Waals surface area contributed by atoms with Crippen molar-refractivity contribution in [1.29, 1.82) is 0 Å². The molecule has 0 radical (unpaired) electrons. The molecule has 1 aliphatic rings. The summed E-state index contributed by atoms with van der Waals surface area (Å²) in [5.74, 6) is 0.228. The highest BCUT2D eigenvalue weighted by Crippen LogP contribution is 2.17. The van der Waals surface area contributed by atoms with E-state index in [1.165, 1.54) is 17.0 Å². The second kappa shape index (κ2) is 4.23. The Morgan fingerprint density at radius 1 is 1.50 bits per heavy atom. The fourth-order valence-electron chi connectivity index (χ4n) is 1.41. The number of nitro groups is 1. The van der Waals surface area contributed by atoms with Gasteiger partial charge in [0.1, 0.15) is 18.6 Å². The molecule has 1 aromatic rings. The van der Waals surface area contributed by atoms with Gasteiger partial charge in [-0.1, -0.05) is 0 Å². The largest absolute Gasteiger partial charge is 0.370 e. The average Bonchev–Trinajstić information content (AvgIpc) is 2.30. The molecule has 0 N–H and O–H groups in total. The third-order valence-corrected chi connectivity index (χ3v) is 2.21. The molecular weight excluding hydrogens is 214 g/mol. The van der Waals surface area contributed by atoms with Crippen LogP contribution in [0, 0.1) is 10.1 Å². The average molecular weight is 223 g/mol. The molecular formula is C9H9N3O4. The van der Waals surface area contributed by atoms with Gasteiger partial charge in [-0.2, -0.15) is 0 Å². The van der Waals surface area contributed by atoms with Crippen LogP contribution in [-0.2, 0) is 9.53 Å². The van der Waals surface area contributed by atoms with Gasteiger partial charge in [-0.15, -0.1) is 0 Å². The number of hydrogen-bond acceptors (Lipinski definition) is 5. The van der Waals surface area contributed by atoms with Gasteiger partial charge in [0.15, 0.2) is 0 Å². The third kappa shape index (κ3) is 1.98. The fraction of sp³-hybridized carbons (Fsp3) is 0.333. The Hall–Kier alpha value is -2.02. The Morgan fingerprint density at radius 2 is 2.31 bits per heavy atom. The van der Waals surface area contributed by atoms with E-state index in [2.05, 4.69) is 4.98 Å². The van der Waals surface area contributed by atoms with Gasteiger partial charge < -0.3 is 4.74 Å². The van der Waals surface area contributed by atoms with Crippen molar-refractivity contribution in [2.45, 2.75) is 0 Å². The van der Waals surface area contributed by atoms with E-state index in [0.29, 0.717) is 19.0 Å². The van der Waals surface area contributed by atoms with Crippen molar-refractivity contribution in [3.63, 3.8) is 0 Å². The highest BCUT2D eigenvalue weighted by molar-refractivity contribution is 5.93. The van der Waals surface area contributed by atoms with Crippen LogP contribution in [0.4, 0.5) is 11.5 Å². The lowest BCUT2D eigenvalue weighted by Crippen LogP contribution is -2.42. The van der Waals surface area contributed by atoms with Gasteiger partial charge in [0.25, 0.3) is 11.6 Å². The maximum absolute atomic E-state index is 11.4. The first-order chi connectivity index (χ1) is 7.68. The molecule has 7 heteroatoms. The maximum atomic E-state index is 11.4. The number of aromatic nitrogens is 1. The van der Waals surface area contributed by atoms with Crippen molar-refractivity contribution in [1.82, 2.24) is 4.98 Å². The molecule has 16 heavy (non-hydrogen) atoms. The van der Waals surface area contributed by atoms with E-state index in [4.69, 9.17) is 4.74 Å². The molecule has 2 heterocycles. The Labute approximate surface area is 90.8 Å². The van der Waals surface area contributed by atoms with Crippen LogP contribution < -0.4 is 4.90 Å². The number of morpholine rings is 1. The van der Waals surface area contributed by atoms with Crippen molar-refractivity contribution < 1.29 is 14.5 Å². The minimum absolute atomic E-state index is 0.0265. The normalized spacial score (nSPS) is 16.2. The minimum Gasteiger partial charge on any atom is -0.370 e. The molecule has 1 aliphatic heterocycles. The molecule has 1 saturated heterocycles. The second-order valence-electron chi connectivity index (χ2n) is 3.23. The quantitative estimate of drug-likeness (QED) is 0.533. The van der Waals surface area contributed by atoms with Gasteiger partial charge >= 0.3 is 0 Å². The zero-order valence-corrected chi connectivity index (χ0v) is 8.33. The predicted octanol–water partition coefficient (Wildman–Crippen LogP) is 0.353. The number of ether oxygens (including phenoxy) is 1. The molecule has 1 amide bonds. The molecule has 7 nitrogen and oxygen atoms in total. The first-order valence-corrected chi connectivity index (χ1v) is 4.67. The van der Waals surface area contributed by atoms with E-state index in [9.17, 15) is 14.9 Å². The first kappa shape index (κ1) is 10.5. The van der Waals surface area contributed by atoms with Crippen molar-refractivity contribution in [3.8, 4) is 0 Å². The summed E-state index contributed by atoms with van der Waals surface area (Å²) >= 11 is 0. The second-order valence-corrected chi connectivity index (χ2v) is 3.23. The van der Waals surface area contributed by atoms with Crippen LogP contribution in [0.15, 0.2) is 18.3 Å². The van der Waals surface area contributed by atoms with Gasteiger partial charge in [0.05, 0.1) is 18.1 Å². The van der Waals surface area contributed by atoms with Gasteiger partial charge in [-0.3, -0.25) is 19.8 Å². The summed E-state index contributed by atoms with van der Waals surface area (Å²) in [4.78, 5) is 26.7. The van der Waals surface area contributed by atoms with Gasteiger partial charge in [0, 0.05) is 6.07 Å². The first-order valence-electron chi connectivity index (χ1n) is 4.67. The van der Waals surface area contributed by atoms with Crippen LogP contribution >= 0.6 is 0 Å². The lowest BCUT2D eigenvalue weighted by Gasteiger charge is -2.25.